The van der Waals surface area contributed by atoms with E-state index in [2.05, 4.69) is 0 Å². The van der Waals surface area contributed by atoms with Gasteiger partial charge >= 0.3 is 0 Å². The van der Waals surface area contributed by atoms with Gasteiger partial charge in [0.1, 0.15) is 0 Å². The van der Waals surface area contributed by atoms with E-state index < -0.39 is 0 Å². The summed E-state index contributed by atoms with van der Waals surface area (Å²) in [5.74, 6) is 0.0517. The number of nitrogens with zero attached hydrogens (tertiary/aromatic N) is 1. The normalized spacial score (nSPS) is 19.6. The number of carbonyl (C=O) groups excluding carboxylic acids is 1. The fourth-order valence-corrected chi connectivity index (χ4v) is 1.82. The Kier molecular flexibility index (Phi) is 4.78. The summed E-state index contributed by atoms with van der Waals surface area (Å²) in [5, 5.41) is 0. The fourth-order valence-electron chi connectivity index (χ4n) is 1.82. The van der Waals surface area contributed by atoms with Crippen LogP contribution in [0.1, 0.15) is 17.3 Å². The Morgan fingerprint density at radius 1 is 1.41 bits per heavy atom. The van der Waals surface area contributed by atoms with Crippen LogP contribution in [-0.4, -0.2) is 36.6 Å². The Bertz CT molecular complexity index is 381. The number of benzene rings is 1. The van der Waals surface area contributed by atoms with Crippen LogP contribution < -0.4 is 5.73 Å². The molecule has 2 rings (SSSR count). The third-order valence-electron chi connectivity index (χ3n) is 2.79. The first-order valence-corrected chi connectivity index (χ1v) is 5.43. The number of carbonyl (C=O) groups is 1. The smallest absolute Gasteiger partial charge is 0.254 e. The lowest BCUT2D eigenvalue weighted by Gasteiger charge is -2.33. The second-order valence-electron chi connectivity index (χ2n) is 4.04. The van der Waals surface area contributed by atoms with Gasteiger partial charge in [0.2, 0.25) is 0 Å². The summed E-state index contributed by atoms with van der Waals surface area (Å²) < 4.78 is 5.30. The quantitative estimate of drug-likeness (QED) is 0.776. The van der Waals surface area contributed by atoms with Crippen LogP contribution in [0.15, 0.2) is 24.3 Å². The van der Waals surface area contributed by atoms with Crippen LogP contribution in [-0.2, 0) is 4.74 Å². The molecule has 0 aliphatic carbocycles. The molecule has 0 bridgehead atoms. The van der Waals surface area contributed by atoms with Gasteiger partial charge in [0.05, 0.1) is 19.3 Å². The maximum Gasteiger partial charge on any atom is 0.254 e. The minimum absolute atomic E-state index is 0. The number of amides is 1. The van der Waals surface area contributed by atoms with Gasteiger partial charge in [-0.05, 0) is 31.2 Å². The van der Waals surface area contributed by atoms with Gasteiger partial charge in [-0.1, -0.05) is 0 Å². The summed E-state index contributed by atoms with van der Waals surface area (Å²) in [4.78, 5) is 14.0. The zero-order chi connectivity index (χ0) is 11.5. The van der Waals surface area contributed by atoms with E-state index in [0.717, 1.165) is 0 Å². The molecule has 5 heteroatoms. The van der Waals surface area contributed by atoms with Gasteiger partial charge in [-0.15, -0.1) is 12.4 Å². The number of anilines is 1. The highest BCUT2D eigenvalue weighted by molar-refractivity contribution is 5.94. The maximum absolute atomic E-state index is 12.2. The highest BCUT2D eigenvalue weighted by atomic mass is 35.5. The SMILES string of the molecule is CC1COCCN1C(=O)c1ccc(N)cc1.Cl. The molecule has 1 aromatic carbocycles. The highest BCUT2D eigenvalue weighted by Crippen LogP contribution is 2.13. The minimum atomic E-state index is 0. The van der Waals surface area contributed by atoms with E-state index in [9.17, 15) is 4.79 Å². The van der Waals surface area contributed by atoms with Crippen molar-refractivity contribution in [2.24, 2.45) is 0 Å². The Balaban J connectivity index is 0.00000144. The van der Waals surface area contributed by atoms with Crippen LogP contribution in [0.3, 0.4) is 0 Å². The Hall–Kier alpha value is -1.26. The van der Waals surface area contributed by atoms with Crippen LogP contribution in [0.25, 0.3) is 0 Å². The zero-order valence-electron chi connectivity index (χ0n) is 9.76. The molecule has 0 saturated carbocycles. The van der Waals surface area contributed by atoms with Crippen molar-refractivity contribution in [2.45, 2.75) is 13.0 Å². The fraction of sp³-hybridized carbons (Fsp3) is 0.417. The molecule has 1 amide bonds. The van der Waals surface area contributed by atoms with Gasteiger partial charge in [-0.25, -0.2) is 0 Å². The van der Waals surface area contributed by atoms with E-state index in [1.165, 1.54) is 0 Å². The lowest BCUT2D eigenvalue weighted by atomic mass is 10.1. The predicted molar refractivity (Wildman–Crippen MR) is 69.4 cm³/mol. The molecule has 2 N–H and O–H groups in total. The summed E-state index contributed by atoms with van der Waals surface area (Å²) in [6.07, 6.45) is 0. The summed E-state index contributed by atoms with van der Waals surface area (Å²) >= 11 is 0. The molecule has 4 nitrogen and oxygen atoms in total. The van der Waals surface area contributed by atoms with Crippen molar-refractivity contribution in [3.8, 4) is 0 Å². The zero-order valence-corrected chi connectivity index (χ0v) is 10.6. The first kappa shape index (κ1) is 13.8. The molecule has 0 aromatic heterocycles. The van der Waals surface area contributed by atoms with Crippen molar-refractivity contribution in [3.63, 3.8) is 0 Å². The number of morpholine rings is 1. The minimum Gasteiger partial charge on any atom is -0.399 e. The number of nitrogen functional groups attached to an aromatic ring is 1. The molecule has 1 aromatic rings. The van der Waals surface area contributed by atoms with Crippen molar-refractivity contribution in [2.75, 3.05) is 25.5 Å². The third kappa shape index (κ3) is 3.11. The molecular weight excluding hydrogens is 240 g/mol. The largest absolute Gasteiger partial charge is 0.399 e. The van der Waals surface area contributed by atoms with E-state index in [0.29, 0.717) is 31.0 Å². The molecule has 1 atom stereocenters. The predicted octanol–water partition coefficient (Wildman–Crippen LogP) is 1.55. The van der Waals surface area contributed by atoms with Crippen LogP contribution in [0.4, 0.5) is 5.69 Å². The molecule has 1 heterocycles. The maximum atomic E-state index is 12.2. The molecule has 94 valence electrons. The standard InChI is InChI=1S/C12H16N2O2.ClH/c1-9-8-16-7-6-14(9)12(15)10-2-4-11(13)5-3-10;/h2-5,9H,6-8,13H2,1H3;1H. The lowest BCUT2D eigenvalue weighted by Crippen LogP contribution is -2.47. The van der Waals surface area contributed by atoms with Gasteiger partial charge in [0.15, 0.2) is 0 Å². The van der Waals surface area contributed by atoms with Gasteiger partial charge in [-0.3, -0.25) is 4.79 Å². The van der Waals surface area contributed by atoms with Crippen molar-refractivity contribution < 1.29 is 9.53 Å². The van der Waals surface area contributed by atoms with Crippen LogP contribution >= 0.6 is 12.4 Å². The van der Waals surface area contributed by atoms with E-state index in [1.807, 2.05) is 11.8 Å². The lowest BCUT2D eigenvalue weighted by molar-refractivity contribution is 0.00360. The number of hydrogen-bond donors (Lipinski definition) is 1. The van der Waals surface area contributed by atoms with Crippen molar-refractivity contribution in [1.29, 1.82) is 0 Å². The van der Waals surface area contributed by atoms with E-state index >= 15 is 0 Å². The first-order valence-electron chi connectivity index (χ1n) is 5.43. The summed E-state index contributed by atoms with van der Waals surface area (Å²) in [5.41, 5.74) is 6.94. The topological polar surface area (TPSA) is 55.6 Å². The molecule has 1 saturated heterocycles. The van der Waals surface area contributed by atoms with Gasteiger partial charge in [-0.2, -0.15) is 0 Å². The molecule has 1 aliphatic heterocycles. The van der Waals surface area contributed by atoms with Crippen molar-refractivity contribution >= 4 is 24.0 Å². The van der Waals surface area contributed by atoms with E-state index in [-0.39, 0.29) is 24.4 Å². The summed E-state index contributed by atoms with van der Waals surface area (Å²) in [6, 6.07) is 7.16. The van der Waals surface area contributed by atoms with Gasteiger partial charge in [0.25, 0.3) is 5.91 Å². The molecule has 0 radical (unpaired) electrons. The van der Waals surface area contributed by atoms with Crippen molar-refractivity contribution in [3.05, 3.63) is 29.8 Å². The van der Waals surface area contributed by atoms with E-state index in [1.54, 1.807) is 24.3 Å². The number of hydrogen-bond acceptors (Lipinski definition) is 3. The van der Waals surface area contributed by atoms with Gasteiger partial charge in [0, 0.05) is 17.8 Å². The molecule has 1 fully saturated rings. The molecule has 1 aliphatic rings. The highest BCUT2D eigenvalue weighted by Gasteiger charge is 2.24. The molecule has 1 unspecified atom stereocenters. The van der Waals surface area contributed by atoms with Crippen LogP contribution in [0.5, 0.6) is 0 Å². The van der Waals surface area contributed by atoms with E-state index in [4.69, 9.17) is 10.5 Å². The second kappa shape index (κ2) is 5.89. The first-order chi connectivity index (χ1) is 7.68. The Morgan fingerprint density at radius 2 is 2.06 bits per heavy atom. The second-order valence-corrected chi connectivity index (χ2v) is 4.04. The van der Waals surface area contributed by atoms with Crippen molar-refractivity contribution in [1.82, 2.24) is 4.90 Å². The average Bonchev–Trinajstić information content (AvgIpc) is 2.30. The van der Waals surface area contributed by atoms with Crippen LogP contribution in [0, 0.1) is 0 Å². The number of nitrogens with two attached hydrogens (primary N) is 1. The summed E-state index contributed by atoms with van der Waals surface area (Å²) in [6.45, 7) is 3.88. The molecule has 0 spiro atoms. The molecule has 17 heavy (non-hydrogen) atoms. The third-order valence-corrected chi connectivity index (χ3v) is 2.79. The average molecular weight is 257 g/mol. The number of rotatable bonds is 1. The number of ether oxygens (including phenoxy) is 1. The Morgan fingerprint density at radius 3 is 2.65 bits per heavy atom. The number of halogens is 1. The summed E-state index contributed by atoms with van der Waals surface area (Å²) in [7, 11) is 0. The molecular formula is C12H17ClN2O2. The van der Waals surface area contributed by atoms with Crippen LogP contribution in [0.2, 0.25) is 0 Å². The Labute approximate surface area is 107 Å². The van der Waals surface area contributed by atoms with Gasteiger partial charge < -0.3 is 15.4 Å². The monoisotopic (exact) mass is 256 g/mol.